The van der Waals surface area contributed by atoms with Gasteiger partial charge < -0.3 is 5.73 Å². The summed E-state index contributed by atoms with van der Waals surface area (Å²) in [4.78, 5) is 0.383. The van der Waals surface area contributed by atoms with Gasteiger partial charge >= 0.3 is 0 Å². The van der Waals surface area contributed by atoms with Gasteiger partial charge in [0.15, 0.2) is 9.84 Å². The Morgan fingerprint density at radius 2 is 2.07 bits per heavy atom. The molecule has 1 aliphatic carbocycles. The number of hydrogen-bond acceptors (Lipinski definition) is 3. The maximum absolute atomic E-state index is 11.3. The van der Waals surface area contributed by atoms with Crippen molar-refractivity contribution in [2.75, 3.05) is 6.26 Å². The zero-order valence-corrected chi connectivity index (χ0v) is 8.79. The second kappa shape index (κ2) is 3.07. The third-order valence-corrected chi connectivity index (χ3v) is 3.66. The number of rotatable bonds is 2. The molecule has 3 nitrogen and oxygen atoms in total. The van der Waals surface area contributed by atoms with Crippen molar-refractivity contribution in [2.24, 2.45) is 5.73 Å². The third kappa shape index (κ3) is 1.81. The fourth-order valence-electron chi connectivity index (χ4n) is 1.57. The first-order valence-corrected chi connectivity index (χ1v) is 6.43. The molecular weight excluding hydrogens is 198 g/mol. The SMILES string of the molecule is CS(=O)(=O)c1cccc([C@@H]2C[C@H]2N)c1. The molecule has 1 fully saturated rings. The second-order valence-electron chi connectivity index (χ2n) is 3.85. The van der Waals surface area contributed by atoms with Gasteiger partial charge in [0.2, 0.25) is 0 Å². The maximum Gasteiger partial charge on any atom is 0.175 e. The monoisotopic (exact) mass is 211 g/mol. The van der Waals surface area contributed by atoms with Crippen molar-refractivity contribution in [2.45, 2.75) is 23.3 Å². The Labute approximate surface area is 83.9 Å². The summed E-state index contributed by atoms with van der Waals surface area (Å²) in [6.07, 6.45) is 2.19. The van der Waals surface area contributed by atoms with Gasteiger partial charge in [-0.05, 0) is 24.1 Å². The van der Waals surface area contributed by atoms with Gasteiger partial charge in [-0.3, -0.25) is 0 Å². The van der Waals surface area contributed by atoms with Crippen LogP contribution < -0.4 is 5.73 Å². The molecule has 14 heavy (non-hydrogen) atoms. The molecule has 2 atom stereocenters. The summed E-state index contributed by atoms with van der Waals surface area (Å²) in [6.45, 7) is 0. The van der Waals surface area contributed by atoms with E-state index in [1.807, 2.05) is 6.07 Å². The predicted molar refractivity (Wildman–Crippen MR) is 54.9 cm³/mol. The molecule has 0 radical (unpaired) electrons. The van der Waals surface area contributed by atoms with E-state index >= 15 is 0 Å². The maximum atomic E-state index is 11.3. The topological polar surface area (TPSA) is 60.2 Å². The van der Waals surface area contributed by atoms with Crippen molar-refractivity contribution in [1.82, 2.24) is 0 Å². The van der Waals surface area contributed by atoms with Crippen molar-refractivity contribution in [3.8, 4) is 0 Å². The van der Waals surface area contributed by atoms with E-state index in [1.54, 1.807) is 18.2 Å². The first kappa shape index (κ1) is 9.68. The molecular formula is C10H13NO2S. The first-order chi connectivity index (χ1) is 6.48. The van der Waals surface area contributed by atoms with E-state index in [4.69, 9.17) is 5.73 Å². The van der Waals surface area contributed by atoms with E-state index in [1.165, 1.54) is 6.26 Å². The molecule has 0 unspecified atom stereocenters. The van der Waals surface area contributed by atoms with Gasteiger partial charge in [0.1, 0.15) is 0 Å². The molecule has 0 amide bonds. The standard InChI is InChI=1S/C10H13NO2S/c1-14(12,13)8-4-2-3-7(5-8)9-6-10(9)11/h2-5,9-10H,6,11H2,1H3/t9-,10+/m0/s1. The van der Waals surface area contributed by atoms with E-state index in [2.05, 4.69) is 0 Å². The molecule has 0 heterocycles. The Morgan fingerprint density at radius 3 is 2.57 bits per heavy atom. The van der Waals surface area contributed by atoms with Crippen molar-refractivity contribution in [3.63, 3.8) is 0 Å². The van der Waals surface area contributed by atoms with Gasteiger partial charge in [-0.2, -0.15) is 0 Å². The highest BCUT2D eigenvalue weighted by molar-refractivity contribution is 7.90. The molecule has 1 aliphatic rings. The van der Waals surface area contributed by atoms with E-state index in [0.717, 1.165) is 12.0 Å². The molecule has 1 aromatic carbocycles. The smallest absolute Gasteiger partial charge is 0.175 e. The third-order valence-electron chi connectivity index (χ3n) is 2.55. The summed E-state index contributed by atoms with van der Waals surface area (Å²) in [5, 5.41) is 0. The Kier molecular flexibility index (Phi) is 2.12. The molecule has 0 saturated heterocycles. The van der Waals surface area contributed by atoms with E-state index in [9.17, 15) is 8.42 Å². The zero-order chi connectivity index (χ0) is 10.3. The van der Waals surface area contributed by atoms with Gasteiger partial charge in [-0.1, -0.05) is 12.1 Å². The first-order valence-electron chi connectivity index (χ1n) is 4.54. The molecule has 2 rings (SSSR count). The predicted octanol–water partition coefficient (Wildman–Crippen LogP) is 0.905. The van der Waals surface area contributed by atoms with Crippen molar-refractivity contribution in [3.05, 3.63) is 29.8 Å². The number of sulfone groups is 1. The average Bonchev–Trinajstić information content (AvgIpc) is 2.82. The normalized spacial score (nSPS) is 26.1. The second-order valence-corrected chi connectivity index (χ2v) is 5.87. The van der Waals surface area contributed by atoms with Crippen LogP contribution in [-0.2, 0) is 9.84 Å². The molecule has 4 heteroatoms. The van der Waals surface area contributed by atoms with Crippen LogP contribution in [0.3, 0.4) is 0 Å². The van der Waals surface area contributed by atoms with Gasteiger partial charge in [-0.25, -0.2) is 8.42 Å². The lowest BCUT2D eigenvalue weighted by molar-refractivity contribution is 0.601. The summed E-state index contributed by atoms with van der Waals surface area (Å²) in [5.41, 5.74) is 6.75. The lowest BCUT2D eigenvalue weighted by atomic mass is 10.1. The summed E-state index contributed by atoms with van der Waals surface area (Å²) < 4.78 is 22.6. The van der Waals surface area contributed by atoms with Crippen LogP contribution in [0.2, 0.25) is 0 Å². The van der Waals surface area contributed by atoms with Crippen LogP contribution in [0.5, 0.6) is 0 Å². The van der Waals surface area contributed by atoms with Gasteiger partial charge in [0.25, 0.3) is 0 Å². The van der Waals surface area contributed by atoms with Crippen molar-refractivity contribution < 1.29 is 8.42 Å². The molecule has 0 bridgehead atoms. The van der Waals surface area contributed by atoms with Crippen LogP contribution in [0, 0.1) is 0 Å². The molecule has 1 aromatic rings. The number of hydrogen-bond donors (Lipinski definition) is 1. The number of nitrogens with two attached hydrogens (primary N) is 1. The van der Waals surface area contributed by atoms with Crippen molar-refractivity contribution in [1.29, 1.82) is 0 Å². The lowest BCUT2D eigenvalue weighted by Crippen LogP contribution is -2.02. The van der Waals surface area contributed by atoms with Crippen molar-refractivity contribution >= 4 is 9.84 Å². The molecule has 1 saturated carbocycles. The summed E-state index contributed by atoms with van der Waals surface area (Å²) in [7, 11) is -3.09. The molecule has 0 aliphatic heterocycles. The minimum absolute atomic E-state index is 0.213. The minimum atomic E-state index is -3.09. The Bertz CT molecular complexity index is 453. The van der Waals surface area contributed by atoms with Gasteiger partial charge in [-0.15, -0.1) is 0 Å². The fourth-order valence-corrected chi connectivity index (χ4v) is 2.25. The fraction of sp³-hybridized carbons (Fsp3) is 0.400. The van der Waals surface area contributed by atoms with Crippen LogP contribution in [-0.4, -0.2) is 20.7 Å². The summed E-state index contributed by atoms with van der Waals surface area (Å²) >= 11 is 0. The van der Waals surface area contributed by atoms with Gasteiger partial charge in [0.05, 0.1) is 4.90 Å². The lowest BCUT2D eigenvalue weighted by Gasteiger charge is -2.02. The van der Waals surface area contributed by atoms with E-state index in [-0.39, 0.29) is 6.04 Å². The minimum Gasteiger partial charge on any atom is -0.327 e. The highest BCUT2D eigenvalue weighted by atomic mass is 32.2. The largest absolute Gasteiger partial charge is 0.327 e. The highest BCUT2D eigenvalue weighted by Gasteiger charge is 2.34. The Morgan fingerprint density at radius 1 is 1.43 bits per heavy atom. The van der Waals surface area contributed by atoms with E-state index in [0.29, 0.717) is 10.8 Å². The van der Waals surface area contributed by atoms with Crippen LogP contribution in [0.15, 0.2) is 29.2 Å². The Balaban J connectivity index is 2.37. The quantitative estimate of drug-likeness (QED) is 0.790. The van der Waals surface area contributed by atoms with E-state index < -0.39 is 9.84 Å². The zero-order valence-electron chi connectivity index (χ0n) is 7.97. The summed E-state index contributed by atoms with van der Waals surface area (Å²) in [6, 6.07) is 7.27. The summed E-state index contributed by atoms with van der Waals surface area (Å²) in [5.74, 6) is 0.358. The molecule has 0 aromatic heterocycles. The van der Waals surface area contributed by atoms with Gasteiger partial charge in [0, 0.05) is 18.2 Å². The van der Waals surface area contributed by atoms with Crippen LogP contribution in [0.25, 0.3) is 0 Å². The number of benzene rings is 1. The Hall–Kier alpha value is -0.870. The molecule has 76 valence electrons. The molecule has 0 spiro atoms. The van der Waals surface area contributed by atoms with Crippen LogP contribution in [0.4, 0.5) is 0 Å². The average molecular weight is 211 g/mol. The highest BCUT2D eigenvalue weighted by Crippen LogP contribution is 2.39. The van der Waals surface area contributed by atoms with Crippen LogP contribution >= 0.6 is 0 Å². The van der Waals surface area contributed by atoms with Crippen LogP contribution in [0.1, 0.15) is 17.9 Å². The molecule has 2 N–H and O–H groups in total.